The van der Waals surface area contributed by atoms with Gasteiger partial charge in [0.05, 0.1) is 11.1 Å². The standard InChI is InChI=1S/C9H4F2O5/c10-5-2-6(11)4(8(13)14)1-3(5)7(12)9(15)16/h1-2H,(H,13,14)(H,15,16). The zero-order valence-electron chi connectivity index (χ0n) is 7.53. The van der Waals surface area contributed by atoms with E-state index in [0.717, 1.165) is 0 Å². The first-order valence-corrected chi connectivity index (χ1v) is 3.84. The number of rotatable bonds is 3. The van der Waals surface area contributed by atoms with Gasteiger partial charge in [0, 0.05) is 6.07 Å². The Bertz CT molecular complexity index is 495. The van der Waals surface area contributed by atoms with E-state index in [1.54, 1.807) is 0 Å². The van der Waals surface area contributed by atoms with Crippen LogP contribution in [0.25, 0.3) is 0 Å². The fourth-order valence-corrected chi connectivity index (χ4v) is 1.00. The first-order chi connectivity index (χ1) is 7.34. The molecule has 0 saturated carbocycles. The molecule has 0 atom stereocenters. The van der Waals surface area contributed by atoms with Gasteiger partial charge in [-0.3, -0.25) is 4.79 Å². The summed E-state index contributed by atoms with van der Waals surface area (Å²) in [6, 6.07) is 0.503. The predicted molar refractivity (Wildman–Crippen MR) is 45.3 cm³/mol. The quantitative estimate of drug-likeness (QED) is 0.595. The lowest BCUT2D eigenvalue weighted by Gasteiger charge is -2.02. The molecule has 1 aromatic carbocycles. The van der Waals surface area contributed by atoms with Crippen LogP contribution in [0.1, 0.15) is 20.7 Å². The lowest BCUT2D eigenvalue weighted by Crippen LogP contribution is -2.16. The van der Waals surface area contributed by atoms with Crippen molar-refractivity contribution in [3.05, 3.63) is 34.9 Å². The average molecular weight is 230 g/mol. The molecular formula is C9H4F2O5. The Morgan fingerprint density at radius 1 is 0.938 bits per heavy atom. The number of benzene rings is 1. The molecule has 0 unspecified atom stereocenters. The zero-order chi connectivity index (χ0) is 12.5. The Morgan fingerprint density at radius 2 is 1.44 bits per heavy atom. The van der Waals surface area contributed by atoms with Gasteiger partial charge in [-0.2, -0.15) is 0 Å². The van der Waals surface area contributed by atoms with E-state index in [1.165, 1.54) is 0 Å². The smallest absolute Gasteiger partial charge is 0.377 e. The number of halogens is 2. The molecule has 1 aromatic rings. The molecular weight excluding hydrogens is 226 g/mol. The zero-order valence-corrected chi connectivity index (χ0v) is 7.53. The number of hydrogen-bond donors (Lipinski definition) is 2. The number of carbonyl (C=O) groups is 3. The van der Waals surface area contributed by atoms with Crippen molar-refractivity contribution in [2.75, 3.05) is 0 Å². The molecule has 0 aliphatic carbocycles. The first kappa shape index (κ1) is 11.8. The van der Waals surface area contributed by atoms with Crippen LogP contribution in [0.3, 0.4) is 0 Å². The van der Waals surface area contributed by atoms with Gasteiger partial charge in [0.25, 0.3) is 5.78 Å². The van der Waals surface area contributed by atoms with Crippen LogP contribution in [0.4, 0.5) is 8.78 Å². The molecule has 16 heavy (non-hydrogen) atoms. The molecule has 0 amide bonds. The summed E-state index contributed by atoms with van der Waals surface area (Å²) in [4.78, 5) is 31.6. The molecule has 0 aliphatic rings. The van der Waals surface area contributed by atoms with Crippen molar-refractivity contribution in [2.45, 2.75) is 0 Å². The van der Waals surface area contributed by atoms with Gasteiger partial charge in [0.2, 0.25) is 0 Å². The van der Waals surface area contributed by atoms with Crippen molar-refractivity contribution in [1.29, 1.82) is 0 Å². The molecule has 2 N–H and O–H groups in total. The van der Waals surface area contributed by atoms with Crippen LogP contribution < -0.4 is 0 Å². The summed E-state index contributed by atoms with van der Waals surface area (Å²) in [5, 5.41) is 16.8. The Morgan fingerprint density at radius 3 is 1.88 bits per heavy atom. The van der Waals surface area contributed by atoms with E-state index in [1.807, 2.05) is 0 Å². The maximum Gasteiger partial charge on any atom is 0.377 e. The van der Waals surface area contributed by atoms with Gasteiger partial charge in [-0.1, -0.05) is 0 Å². The summed E-state index contributed by atoms with van der Waals surface area (Å²) in [5.74, 6) is -8.12. The van der Waals surface area contributed by atoms with Crippen molar-refractivity contribution in [3.63, 3.8) is 0 Å². The number of aromatic carboxylic acids is 1. The molecule has 0 bridgehead atoms. The molecule has 5 nitrogen and oxygen atoms in total. The number of carboxylic acid groups (broad SMARTS) is 2. The van der Waals surface area contributed by atoms with E-state index in [2.05, 4.69) is 0 Å². The average Bonchev–Trinajstić information content (AvgIpc) is 2.16. The third kappa shape index (κ3) is 2.02. The van der Waals surface area contributed by atoms with E-state index in [9.17, 15) is 23.2 Å². The van der Waals surface area contributed by atoms with Gasteiger partial charge in [-0.25, -0.2) is 18.4 Å². The van der Waals surface area contributed by atoms with Crippen molar-refractivity contribution < 1.29 is 33.4 Å². The molecule has 0 spiro atoms. The minimum absolute atomic E-state index is 0.152. The molecule has 0 saturated heterocycles. The lowest BCUT2D eigenvalue weighted by molar-refractivity contribution is -0.131. The minimum Gasteiger partial charge on any atom is -0.478 e. The largest absolute Gasteiger partial charge is 0.478 e. The fraction of sp³-hybridized carbons (Fsp3) is 0. The van der Waals surface area contributed by atoms with E-state index in [4.69, 9.17) is 10.2 Å². The van der Waals surface area contributed by atoms with Crippen LogP contribution in [0.2, 0.25) is 0 Å². The molecule has 7 heteroatoms. The van der Waals surface area contributed by atoms with Gasteiger partial charge in [0.1, 0.15) is 11.6 Å². The van der Waals surface area contributed by atoms with E-state index < -0.39 is 40.5 Å². The van der Waals surface area contributed by atoms with E-state index >= 15 is 0 Å². The number of hydrogen-bond acceptors (Lipinski definition) is 3. The van der Waals surface area contributed by atoms with Crippen LogP contribution in [0.15, 0.2) is 12.1 Å². The molecule has 0 radical (unpaired) electrons. The number of Topliss-reactive ketones (excluding diaryl/α,β-unsaturated/α-hetero) is 1. The Balaban J connectivity index is 3.41. The molecule has 0 aliphatic heterocycles. The molecule has 0 heterocycles. The topological polar surface area (TPSA) is 91.7 Å². The second-order valence-corrected chi connectivity index (χ2v) is 2.75. The highest BCUT2D eigenvalue weighted by Gasteiger charge is 2.23. The summed E-state index contributed by atoms with van der Waals surface area (Å²) >= 11 is 0. The van der Waals surface area contributed by atoms with Gasteiger partial charge in [-0.05, 0) is 6.07 Å². The van der Waals surface area contributed by atoms with Gasteiger partial charge in [0.15, 0.2) is 0 Å². The molecule has 1 rings (SSSR count). The van der Waals surface area contributed by atoms with Crippen LogP contribution >= 0.6 is 0 Å². The van der Waals surface area contributed by atoms with Crippen molar-refractivity contribution >= 4 is 17.7 Å². The van der Waals surface area contributed by atoms with Crippen LogP contribution in [0.5, 0.6) is 0 Å². The lowest BCUT2D eigenvalue weighted by atomic mass is 10.1. The van der Waals surface area contributed by atoms with E-state index in [-0.39, 0.29) is 6.07 Å². The summed E-state index contributed by atoms with van der Waals surface area (Å²) in [5.41, 5.74) is -1.96. The SMILES string of the molecule is O=C(O)C(=O)c1cc(C(=O)O)c(F)cc1F. The third-order valence-corrected chi connectivity index (χ3v) is 1.73. The fourth-order valence-electron chi connectivity index (χ4n) is 1.00. The van der Waals surface area contributed by atoms with Crippen molar-refractivity contribution in [2.24, 2.45) is 0 Å². The van der Waals surface area contributed by atoms with Gasteiger partial charge < -0.3 is 10.2 Å². The van der Waals surface area contributed by atoms with Crippen molar-refractivity contribution in [1.82, 2.24) is 0 Å². The molecule has 84 valence electrons. The van der Waals surface area contributed by atoms with Crippen LogP contribution in [-0.2, 0) is 4.79 Å². The summed E-state index contributed by atoms with van der Waals surface area (Å²) in [6.45, 7) is 0. The maximum atomic E-state index is 13.0. The monoisotopic (exact) mass is 230 g/mol. The predicted octanol–water partition coefficient (Wildman–Crippen LogP) is 0.930. The number of ketones is 1. The van der Waals surface area contributed by atoms with Crippen molar-refractivity contribution in [3.8, 4) is 0 Å². The second-order valence-electron chi connectivity index (χ2n) is 2.75. The maximum absolute atomic E-state index is 13.0. The highest BCUT2D eigenvalue weighted by atomic mass is 19.1. The molecule has 0 aromatic heterocycles. The molecule has 0 fully saturated rings. The minimum atomic E-state index is -1.96. The summed E-state index contributed by atoms with van der Waals surface area (Å²) < 4.78 is 25.9. The number of aliphatic carboxylic acids is 1. The number of carbonyl (C=O) groups excluding carboxylic acids is 1. The van der Waals surface area contributed by atoms with E-state index in [0.29, 0.717) is 6.07 Å². The Hall–Kier alpha value is -2.31. The Kier molecular flexibility index (Phi) is 2.98. The second kappa shape index (κ2) is 4.05. The normalized spacial score (nSPS) is 9.88. The summed E-state index contributed by atoms with van der Waals surface area (Å²) in [7, 11) is 0. The van der Waals surface area contributed by atoms with Gasteiger partial charge >= 0.3 is 11.9 Å². The van der Waals surface area contributed by atoms with Crippen LogP contribution in [0, 0.1) is 11.6 Å². The number of carboxylic acids is 2. The Labute approximate surface area is 86.9 Å². The highest BCUT2D eigenvalue weighted by Crippen LogP contribution is 2.15. The highest BCUT2D eigenvalue weighted by molar-refractivity contribution is 6.40. The third-order valence-electron chi connectivity index (χ3n) is 1.73. The first-order valence-electron chi connectivity index (χ1n) is 3.84. The van der Waals surface area contributed by atoms with Crippen LogP contribution in [-0.4, -0.2) is 27.9 Å². The summed E-state index contributed by atoms with van der Waals surface area (Å²) in [6.07, 6.45) is 0. The van der Waals surface area contributed by atoms with Gasteiger partial charge in [-0.15, -0.1) is 0 Å².